The Morgan fingerprint density at radius 3 is 1.06 bits per heavy atom. The van der Waals surface area contributed by atoms with E-state index >= 15 is 0 Å². The van der Waals surface area contributed by atoms with E-state index in [2.05, 4.69) is 219 Å². The standard InChI is InChI=1S/C24H27N5.C22H29N5O.C18H22N4.C18H20N4.C17H22N4.C16H20N4/c1-28-17-21(14-27-28)23-15-26-24-22(23)12-20(13-25-24)11-18-7-9-29(10-8-18)16-19-5-3-2-4-6-19;1-26-15-18(13-25-26)21-14-24-22-20(21)11-17(12-23-22)10-16-2-4-19(5-3-16)27-6-8-28-9-7-27;2*1-22-12-15(10-21-22)17-11-20-18-16(17)8-14(9-19-18)7-13-5-3-2-4-6-13;1-12(2)5-4-6-13-7-15-16(10-19-17(15)18-8-13)14-9-20-21(3)11-14;1-3-4-5-6-12-7-14-15(10-18-16(14)17-8-12)13-9-19-20(2)11-13/h2-6,12-15,17-18H,7-11,16H2,1H3,(H,25,26);11-16,19H,2-10H2,1H3,(H,23,24);8-13H,2-7H2,1H3,(H,19,20);5,8-12H,2-4,6-7H2,1H3,(H,19,20);7-12H,4-6H2,1-3H3,(H,18,19);7-11H,3-6H2,1-2H3,(H,17,18). The van der Waals surface area contributed by atoms with Crippen molar-refractivity contribution in [2.45, 2.75) is 200 Å². The first-order valence-corrected chi connectivity index (χ1v) is 52.0. The highest BCUT2D eigenvalue weighted by Crippen LogP contribution is 2.39. The van der Waals surface area contributed by atoms with Crippen LogP contribution in [0.25, 0.3) is 133 Å². The molecular weight excluding hydrogens is 1760 g/mol. The van der Waals surface area contributed by atoms with E-state index in [1.807, 2.05) is 194 Å². The van der Waals surface area contributed by atoms with E-state index in [-0.39, 0.29) is 0 Å². The molecule has 2 aliphatic heterocycles. The van der Waals surface area contributed by atoms with Crippen LogP contribution in [0, 0.1) is 23.7 Å². The second-order valence-electron chi connectivity index (χ2n) is 40.7. The van der Waals surface area contributed by atoms with Crippen LogP contribution in [0.4, 0.5) is 0 Å². The highest BCUT2D eigenvalue weighted by Gasteiger charge is 2.29. The number of allylic oxidation sites excluding steroid dienone is 2. The number of nitrogens with zero attached hydrogens (tertiary/aromatic N) is 20. The molecule has 6 N–H and O–H groups in total. The SMILES string of the molecule is CC(C)CCCc1cnc2[nH]cc(-c3cnn(C)c3)c2c1.CCCCCc1cnc2[nH]cc(-c3cnn(C)c3)c2c1.Cn1cc(-c2c[nH]c3ncc(CC4=CCCCC4)cc23)cn1.Cn1cc(-c2c[nH]c3ncc(CC4CCC(N5CCOCC5)CC4)cc23)cn1.Cn1cc(-c2c[nH]c3ncc(CC4CCCCC4)cc23)cn1.Cn1cc(-c2c[nH]c3ncc(CC4CCN(Cc5ccccc5)CC4)cc23)cn1. The Balaban J connectivity index is 0.000000109. The Bertz CT molecular complexity index is 7300. The number of benzene rings is 1. The lowest BCUT2D eigenvalue weighted by atomic mass is 9.82. The zero-order valence-corrected chi connectivity index (χ0v) is 84.4. The largest absolute Gasteiger partial charge is 0.379 e. The fourth-order valence-corrected chi connectivity index (χ4v) is 21.6. The van der Waals surface area contributed by atoms with Crippen LogP contribution in [0.15, 0.2) is 227 Å². The molecule has 1 aromatic carbocycles. The minimum Gasteiger partial charge on any atom is -0.379 e. The van der Waals surface area contributed by atoms with E-state index in [1.54, 1.807) is 5.57 Å². The van der Waals surface area contributed by atoms with Crippen LogP contribution in [0.1, 0.15) is 188 Å². The highest BCUT2D eigenvalue weighted by molar-refractivity contribution is 5.98. The Morgan fingerprint density at radius 2 is 0.704 bits per heavy atom. The number of aromatic nitrogens is 24. The maximum atomic E-state index is 5.51. The van der Waals surface area contributed by atoms with Gasteiger partial charge >= 0.3 is 0 Å². The summed E-state index contributed by atoms with van der Waals surface area (Å²) in [4.78, 5) is 52.5. The van der Waals surface area contributed by atoms with Crippen LogP contribution < -0.4 is 0 Å². The second kappa shape index (κ2) is 46.3. The monoisotopic (exact) mass is 1900 g/mol. The lowest BCUT2D eigenvalue weighted by Crippen LogP contribution is -2.45. The summed E-state index contributed by atoms with van der Waals surface area (Å²) in [5.41, 5.74) is 30.6. The molecule has 0 spiro atoms. The lowest BCUT2D eigenvalue weighted by molar-refractivity contribution is 0.00496. The van der Waals surface area contributed by atoms with Crippen molar-refractivity contribution in [3.63, 3.8) is 0 Å². The van der Waals surface area contributed by atoms with Gasteiger partial charge in [0, 0.05) is 279 Å². The summed E-state index contributed by atoms with van der Waals surface area (Å²) in [6.07, 6.45) is 83.2. The van der Waals surface area contributed by atoms with Gasteiger partial charge in [0.15, 0.2) is 0 Å². The first kappa shape index (κ1) is 97.1. The Labute approximate surface area is 832 Å². The van der Waals surface area contributed by atoms with Crippen molar-refractivity contribution in [2.24, 2.45) is 66.0 Å². The summed E-state index contributed by atoms with van der Waals surface area (Å²) in [6, 6.07) is 25.3. The van der Waals surface area contributed by atoms with Gasteiger partial charge in [-0.2, -0.15) is 30.6 Å². The zero-order chi connectivity index (χ0) is 97.2. The van der Waals surface area contributed by atoms with Crippen LogP contribution >= 0.6 is 0 Å². The first-order chi connectivity index (χ1) is 69.5. The van der Waals surface area contributed by atoms with Crippen LogP contribution in [-0.2, 0) is 92.1 Å². The molecule has 0 radical (unpaired) electrons. The third-order valence-electron chi connectivity index (χ3n) is 29.4. The number of hydrogen-bond donors (Lipinski definition) is 6. The smallest absolute Gasteiger partial charge is 0.137 e. The number of ether oxygens (including phenoxy) is 1. The van der Waals surface area contributed by atoms with Crippen LogP contribution in [0.2, 0.25) is 0 Å². The highest BCUT2D eigenvalue weighted by atomic mass is 16.5. The summed E-state index contributed by atoms with van der Waals surface area (Å²) in [5, 5.41) is 32.8. The molecule has 18 aromatic heterocycles. The zero-order valence-electron chi connectivity index (χ0n) is 84.4. The van der Waals surface area contributed by atoms with Crippen molar-refractivity contribution in [1.82, 2.24) is 128 Å². The summed E-state index contributed by atoms with van der Waals surface area (Å²) >= 11 is 0. The van der Waals surface area contributed by atoms with Gasteiger partial charge in [0.05, 0.1) is 50.4 Å². The molecule has 24 rings (SSSR count). The van der Waals surface area contributed by atoms with Gasteiger partial charge in [-0.25, -0.2) is 29.9 Å². The number of aryl methyl sites for hydroxylation is 8. The Kier molecular flexibility index (Phi) is 31.7. The minimum atomic E-state index is 0.738. The molecule has 4 fully saturated rings. The van der Waals surface area contributed by atoms with Crippen LogP contribution in [-0.4, -0.2) is 174 Å². The van der Waals surface area contributed by atoms with Gasteiger partial charge in [-0.15, -0.1) is 0 Å². The number of H-pyrrole nitrogens is 6. The molecule has 27 heteroatoms. The van der Waals surface area contributed by atoms with Crippen LogP contribution in [0.5, 0.6) is 0 Å². The van der Waals surface area contributed by atoms with Crippen molar-refractivity contribution >= 4 is 66.2 Å². The van der Waals surface area contributed by atoms with Gasteiger partial charge in [-0.1, -0.05) is 114 Å². The molecule has 736 valence electrons. The molecular formula is C115H140N26O. The van der Waals surface area contributed by atoms with Crippen LogP contribution in [0.3, 0.4) is 0 Å². The summed E-state index contributed by atoms with van der Waals surface area (Å²) < 4.78 is 16.5. The maximum absolute atomic E-state index is 5.51. The molecule has 2 saturated heterocycles. The molecule has 3 aliphatic carbocycles. The van der Waals surface area contributed by atoms with E-state index in [1.165, 1.54) is 253 Å². The number of likely N-dealkylation sites (tertiary alicyclic amines) is 1. The molecule has 0 atom stereocenters. The number of pyridine rings is 6. The number of piperidine rings is 1. The third-order valence-corrected chi connectivity index (χ3v) is 29.4. The van der Waals surface area contributed by atoms with Gasteiger partial charge in [0.25, 0.3) is 0 Å². The number of fused-ring (bicyclic) bond motifs is 6. The molecule has 2 saturated carbocycles. The summed E-state index contributed by atoms with van der Waals surface area (Å²) in [6.45, 7) is 14.2. The number of unbranched alkanes of at least 4 members (excludes halogenated alkanes) is 2. The topological polar surface area (TPSA) is 295 Å². The average Bonchev–Trinajstić information content (AvgIpc) is 1.66. The number of aromatic amines is 6. The van der Waals surface area contributed by atoms with E-state index in [9.17, 15) is 0 Å². The predicted octanol–water partition coefficient (Wildman–Crippen LogP) is 23.5. The number of nitrogens with one attached hydrogen (secondary N) is 6. The fourth-order valence-electron chi connectivity index (χ4n) is 21.6. The molecule has 20 heterocycles. The normalized spacial score (nSPS) is 16.2. The van der Waals surface area contributed by atoms with Crippen molar-refractivity contribution in [1.29, 1.82) is 0 Å². The molecule has 0 bridgehead atoms. The quantitative estimate of drug-likeness (QED) is 0.0229. The Hall–Kier alpha value is -13.8. The van der Waals surface area contributed by atoms with Crippen molar-refractivity contribution in [3.05, 3.63) is 266 Å². The first-order valence-electron chi connectivity index (χ1n) is 52.0. The summed E-state index contributed by atoms with van der Waals surface area (Å²) in [5.74, 6) is 3.12. The van der Waals surface area contributed by atoms with Crippen molar-refractivity contribution in [3.8, 4) is 66.8 Å². The Morgan fingerprint density at radius 1 is 0.352 bits per heavy atom. The molecule has 5 aliphatic rings. The van der Waals surface area contributed by atoms with Gasteiger partial charge in [-0.05, 0) is 228 Å². The van der Waals surface area contributed by atoms with Gasteiger partial charge in [0.1, 0.15) is 33.9 Å². The average molecular weight is 1900 g/mol. The second-order valence-corrected chi connectivity index (χ2v) is 40.7. The lowest BCUT2D eigenvalue weighted by Gasteiger charge is -2.38. The molecule has 0 amide bonds. The van der Waals surface area contributed by atoms with E-state index in [0.717, 1.165) is 162 Å². The van der Waals surface area contributed by atoms with Gasteiger partial charge < -0.3 is 34.6 Å². The van der Waals surface area contributed by atoms with Crippen molar-refractivity contribution in [2.75, 3.05) is 39.4 Å². The van der Waals surface area contributed by atoms with E-state index in [0.29, 0.717) is 0 Å². The predicted molar refractivity (Wildman–Crippen MR) is 571 cm³/mol. The molecule has 0 unspecified atom stereocenters. The van der Waals surface area contributed by atoms with E-state index in [4.69, 9.17) is 4.74 Å². The number of rotatable bonds is 25. The number of morpholine rings is 1. The molecule has 19 aromatic rings. The number of hydrogen-bond acceptors (Lipinski definition) is 15. The molecule has 27 nitrogen and oxygen atoms in total. The summed E-state index contributed by atoms with van der Waals surface area (Å²) in [7, 11) is 11.7. The van der Waals surface area contributed by atoms with Crippen molar-refractivity contribution < 1.29 is 4.74 Å². The maximum Gasteiger partial charge on any atom is 0.137 e. The van der Waals surface area contributed by atoms with E-state index < -0.39 is 0 Å². The third kappa shape index (κ3) is 24.7. The fraction of sp³-hybridized carbons (Fsp3) is 0.409. The molecule has 142 heavy (non-hydrogen) atoms. The van der Waals surface area contributed by atoms with Gasteiger partial charge in [-0.3, -0.25) is 37.9 Å². The minimum absolute atomic E-state index is 0.738. The van der Waals surface area contributed by atoms with Gasteiger partial charge in [0.2, 0.25) is 0 Å².